The predicted molar refractivity (Wildman–Crippen MR) is 117 cm³/mol. The molecule has 31 heavy (non-hydrogen) atoms. The second-order valence-corrected chi connectivity index (χ2v) is 9.08. The molecule has 3 heterocycles. The van der Waals surface area contributed by atoms with Crippen LogP contribution in [0.4, 0.5) is 10.1 Å². The Labute approximate surface area is 186 Å². The van der Waals surface area contributed by atoms with Crippen LogP contribution in [-0.4, -0.2) is 32.8 Å². The van der Waals surface area contributed by atoms with E-state index >= 15 is 0 Å². The van der Waals surface area contributed by atoms with Gasteiger partial charge in [0.1, 0.15) is 5.75 Å². The lowest BCUT2D eigenvalue weighted by molar-refractivity contribution is 0.264. The van der Waals surface area contributed by atoms with Gasteiger partial charge in [-0.3, -0.25) is 4.98 Å². The molecule has 1 saturated carbocycles. The number of fused-ring (bicyclic) bond motifs is 2. The minimum Gasteiger partial charge on any atom is -0.424 e. The Morgan fingerprint density at radius 3 is 2.71 bits per heavy atom. The molecule has 0 spiro atoms. The molecule has 1 aliphatic carbocycles. The maximum absolute atomic E-state index is 14.4. The van der Waals surface area contributed by atoms with Crippen LogP contribution in [0.5, 0.6) is 11.8 Å². The van der Waals surface area contributed by atoms with Crippen LogP contribution in [0.25, 0.3) is 0 Å². The Balaban J connectivity index is 1.29. The fourth-order valence-electron chi connectivity index (χ4n) is 5.08. The van der Waals surface area contributed by atoms with Crippen molar-refractivity contribution in [3.05, 3.63) is 58.9 Å². The molecule has 2 aromatic heterocycles. The predicted octanol–water partition coefficient (Wildman–Crippen LogP) is 4.81. The van der Waals surface area contributed by atoms with Crippen molar-refractivity contribution in [1.29, 1.82) is 0 Å². The zero-order chi connectivity index (χ0) is 21.5. The summed E-state index contributed by atoms with van der Waals surface area (Å²) in [4.78, 5) is 10.9. The molecule has 1 aromatic carbocycles. The Kier molecular flexibility index (Phi) is 5.30. The molecule has 2 unspecified atom stereocenters. The van der Waals surface area contributed by atoms with Crippen LogP contribution in [0.2, 0.25) is 5.02 Å². The first-order chi connectivity index (χ1) is 15.0. The lowest BCUT2D eigenvalue weighted by Crippen LogP contribution is -2.43. The lowest BCUT2D eigenvalue weighted by atomic mass is 9.82. The van der Waals surface area contributed by atoms with Crippen LogP contribution in [0.1, 0.15) is 24.4 Å². The fourth-order valence-corrected chi connectivity index (χ4v) is 5.26. The van der Waals surface area contributed by atoms with Gasteiger partial charge in [0.25, 0.3) is 0 Å². The first-order valence-electron chi connectivity index (χ1n) is 10.7. The number of aromatic nitrogens is 4. The monoisotopic (exact) mass is 441 g/mol. The summed E-state index contributed by atoms with van der Waals surface area (Å²) in [6, 6.07) is 9.55. The third-order valence-electron chi connectivity index (χ3n) is 6.53. The Hall–Kier alpha value is -2.67. The quantitative estimate of drug-likeness (QED) is 0.568. The van der Waals surface area contributed by atoms with Crippen molar-refractivity contribution in [2.75, 3.05) is 18.0 Å². The van der Waals surface area contributed by atoms with Gasteiger partial charge >= 0.3 is 6.01 Å². The number of hydrogen-bond donors (Lipinski definition) is 0. The number of nitrogens with zero attached hydrogens (tertiary/aromatic N) is 5. The summed E-state index contributed by atoms with van der Waals surface area (Å²) in [5.74, 6) is 2.71. The Bertz CT molecular complexity index is 1090. The molecule has 2 bridgehead atoms. The smallest absolute Gasteiger partial charge is 0.320 e. The molecular formula is C23H25ClFN5O. The molecule has 0 N–H and O–H groups in total. The van der Waals surface area contributed by atoms with Gasteiger partial charge < -0.3 is 9.64 Å². The zero-order valence-electron chi connectivity index (χ0n) is 17.6. The highest BCUT2D eigenvalue weighted by Gasteiger charge is 2.43. The molecule has 3 aromatic rings. The van der Waals surface area contributed by atoms with Gasteiger partial charge in [-0.1, -0.05) is 17.7 Å². The van der Waals surface area contributed by atoms with E-state index in [1.165, 1.54) is 6.20 Å². The van der Waals surface area contributed by atoms with Crippen molar-refractivity contribution in [2.45, 2.75) is 26.2 Å². The van der Waals surface area contributed by atoms with Crippen LogP contribution in [-0.2, 0) is 13.5 Å². The molecule has 2 aliphatic rings. The second kappa shape index (κ2) is 8.11. The van der Waals surface area contributed by atoms with E-state index in [4.69, 9.17) is 16.3 Å². The minimum absolute atomic E-state index is 0.238. The summed E-state index contributed by atoms with van der Waals surface area (Å²) in [5.41, 5.74) is 1.52. The van der Waals surface area contributed by atoms with Crippen LogP contribution in [0, 0.1) is 30.5 Å². The highest BCUT2D eigenvalue weighted by molar-refractivity contribution is 6.30. The topological polar surface area (TPSA) is 56.1 Å². The van der Waals surface area contributed by atoms with E-state index in [-0.39, 0.29) is 5.82 Å². The number of pyridine rings is 1. The Morgan fingerprint density at radius 2 is 1.97 bits per heavy atom. The molecule has 0 amide bonds. The van der Waals surface area contributed by atoms with Gasteiger partial charge in [-0.15, -0.1) is 0 Å². The average Bonchev–Trinajstić information content (AvgIpc) is 3.17. The number of piperidine rings is 1. The largest absolute Gasteiger partial charge is 0.424 e. The first-order valence-corrected chi connectivity index (χ1v) is 11.0. The number of anilines is 1. The molecule has 5 rings (SSSR count). The van der Waals surface area contributed by atoms with Crippen molar-refractivity contribution in [3.8, 4) is 11.8 Å². The number of ether oxygens (including phenoxy) is 1. The molecule has 2 fully saturated rings. The average molecular weight is 442 g/mol. The summed E-state index contributed by atoms with van der Waals surface area (Å²) < 4.78 is 21.9. The molecule has 1 aliphatic heterocycles. The molecule has 8 heteroatoms. The molecular weight excluding hydrogens is 417 g/mol. The fraction of sp³-hybridized carbons (Fsp3) is 0.435. The maximum atomic E-state index is 14.4. The third kappa shape index (κ3) is 4.11. The minimum atomic E-state index is -0.238. The van der Waals surface area contributed by atoms with Gasteiger partial charge in [0.05, 0.1) is 11.9 Å². The van der Waals surface area contributed by atoms with Gasteiger partial charge in [-0.05, 0) is 61.8 Å². The van der Waals surface area contributed by atoms with E-state index in [9.17, 15) is 4.39 Å². The SMILES string of the molecule is Cc1cc(N2CC3CCC(C2)C3Cc2nc(Oc3cccc(Cl)c3)n(C)n2)c(F)cn1. The molecule has 162 valence electrons. The van der Waals surface area contributed by atoms with Crippen LogP contribution < -0.4 is 9.64 Å². The van der Waals surface area contributed by atoms with Gasteiger partial charge in [0.2, 0.25) is 0 Å². The second-order valence-electron chi connectivity index (χ2n) is 8.64. The van der Waals surface area contributed by atoms with Crippen molar-refractivity contribution >= 4 is 17.3 Å². The zero-order valence-corrected chi connectivity index (χ0v) is 18.4. The van der Waals surface area contributed by atoms with E-state index in [2.05, 4.69) is 20.0 Å². The van der Waals surface area contributed by atoms with E-state index in [1.807, 2.05) is 32.2 Å². The standard InChI is InChI=1S/C23H25ClFN5O/c1-14-8-21(20(25)11-26-14)30-12-15-6-7-16(13-30)19(15)10-22-27-23(29(2)28-22)31-18-5-3-4-17(24)9-18/h3-5,8-9,11,15-16,19H,6-7,10,12-13H2,1-2H3. The summed E-state index contributed by atoms with van der Waals surface area (Å²) >= 11 is 6.04. The number of aryl methyl sites for hydroxylation is 2. The molecule has 1 saturated heterocycles. The summed E-state index contributed by atoms with van der Waals surface area (Å²) in [5, 5.41) is 5.20. The van der Waals surface area contributed by atoms with Crippen molar-refractivity contribution < 1.29 is 9.13 Å². The van der Waals surface area contributed by atoms with E-state index in [1.54, 1.807) is 16.8 Å². The number of hydrogen-bond acceptors (Lipinski definition) is 5. The normalized spacial score (nSPS) is 22.7. The van der Waals surface area contributed by atoms with Gasteiger partial charge in [0, 0.05) is 37.3 Å². The molecule has 0 radical (unpaired) electrons. The summed E-state index contributed by atoms with van der Waals surface area (Å²) in [6.07, 6.45) is 4.47. The first kappa shape index (κ1) is 20.2. The van der Waals surface area contributed by atoms with Crippen molar-refractivity contribution in [2.24, 2.45) is 24.8 Å². The van der Waals surface area contributed by atoms with Crippen molar-refractivity contribution in [1.82, 2.24) is 19.7 Å². The van der Waals surface area contributed by atoms with Crippen LogP contribution in [0.15, 0.2) is 36.5 Å². The highest BCUT2D eigenvalue weighted by Crippen LogP contribution is 2.45. The summed E-state index contributed by atoms with van der Waals surface area (Å²) in [6.45, 7) is 3.63. The van der Waals surface area contributed by atoms with E-state index in [0.29, 0.717) is 40.2 Å². The van der Waals surface area contributed by atoms with E-state index in [0.717, 1.165) is 43.9 Å². The van der Waals surface area contributed by atoms with E-state index < -0.39 is 0 Å². The van der Waals surface area contributed by atoms with Crippen LogP contribution >= 0.6 is 11.6 Å². The maximum Gasteiger partial charge on any atom is 0.320 e. The number of halogens is 2. The number of benzene rings is 1. The van der Waals surface area contributed by atoms with Crippen molar-refractivity contribution in [3.63, 3.8) is 0 Å². The Morgan fingerprint density at radius 1 is 1.19 bits per heavy atom. The van der Waals surface area contributed by atoms with Crippen LogP contribution in [0.3, 0.4) is 0 Å². The highest BCUT2D eigenvalue weighted by atomic mass is 35.5. The van der Waals surface area contributed by atoms with Gasteiger partial charge in [-0.2, -0.15) is 10.1 Å². The summed E-state index contributed by atoms with van der Waals surface area (Å²) in [7, 11) is 1.84. The van der Waals surface area contributed by atoms with Gasteiger partial charge in [0.15, 0.2) is 11.6 Å². The van der Waals surface area contributed by atoms with Gasteiger partial charge in [-0.25, -0.2) is 9.07 Å². The number of rotatable bonds is 5. The third-order valence-corrected chi connectivity index (χ3v) is 6.77. The molecule has 2 atom stereocenters. The molecule has 6 nitrogen and oxygen atoms in total. The lowest BCUT2D eigenvalue weighted by Gasteiger charge is -2.39.